The van der Waals surface area contributed by atoms with Gasteiger partial charge in [-0.2, -0.15) is 0 Å². The Morgan fingerprint density at radius 2 is 1.89 bits per heavy atom. The molecule has 4 heteroatoms. The highest BCUT2D eigenvalue weighted by molar-refractivity contribution is 4.76. The van der Waals surface area contributed by atoms with Crippen LogP contribution in [0.25, 0.3) is 0 Å². The number of hydrogen-bond acceptors (Lipinski definition) is 4. The average molecular weight is 258 g/mol. The smallest absolute Gasteiger partial charge is 0.170 e. The van der Waals surface area contributed by atoms with Gasteiger partial charge in [0.25, 0.3) is 0 Å². The molecule has 0 spiro atoms. The molecule has 1 unspecified atom stereocenters. The van der Waals surface area contributed by atoms with E-state index in [4.69, 9.17) is 9.47 Å². The first kappa shape index (κ1) is 15.9. The molecule has 18 heavy (non-hydrogen) atoms. The van der Waals surface area contributed by atoms with Crippen molar-refractivity contribution in [2.45, 2.75) is 52.4 Å². The molecule has 1 aliphatic heterocycles. The molecule has 1 rings (SSSR count). The monoisotopic (exact) mass is 258 g/mol. The van der Waals surface area contributed by atoms with Crippen LogP contribution in [-0.2, 0) is 9.47 Å². The van der Waals surface area contributed by atoms with Crippen LogP contribution in [0.2, 0.25) is 0 Å². The number of rotatable bonds is 9. The number of piperidine rings is 1. The van der Waals surface area contributed by atoms with Gasteiger partial charge in [-0.05, 0) is 39.8 Å². The maximum Gasteiger partial charge on any atom is 0.170 e. The lowest BCUT2D eigenvalue weighted by molar-refractivity contribution is -0.147. The molecule has 1 atom stereocenters. The molecule has 0 saturated carbocycles. The molecule has 1 aliphatic rings. The van der Waals surface area contributed by atoms with Gasteiger partial charge in [0, 0.05) is 32.3 Å². The third-order valence-electron chi connectivity index (χ3n) is 3.45. The van der Waals surface area contributed by atoms with Crippen molar-refractivity contribution >= 4 is 0 Å². The second-order valence-electron chi connectivity index (χ2n) is 4.84. The van der Waals surface area contributed by atoms with Gasteiger partial charge < -0.3 is 14.8 Å². The number of hydrogen-bond donors (Lipinski definition) is 1. The zero-order chi connectivity index (χ0) is 13.2. The molecule has 0 aliphatic carbocycles. The van der Waals surface area contributed by atoms with Gasteiger partial charge in [-0.25, -0.2) is 0 Å². The molecule has 0 amide bonds. The SMILES string of the molecule is CCOC(CN(CC)CC1CCCCN1)OCC. The quantitative estimate of drug-likeness (QED) is 0.640. The number of likely N-dealkylation sites (N-methyl/N-ethyl adjacent to an activating group) is 1. The van der Waals surface area contributed by atoms with Crippen molar-refractivity contribution in [1.29, 1.82) is 0 Å². The molecular weight excluding hydrogens is 228 g/mol. The van der Waals surface area contributed by atoms with Crippen molar-refractivity contribution in [2.24, 2.45) is 0 Å². The van der Waals surface area contributed by atoms with Crippen molar-refractivity contribution in [3.05, 3.63) is 0 Å². The molecule has 4 nitrogen and oxygen atoms in total. The van der Waals surface area contributed by atoms with Crippen LogP contribution < -0.4 is 5.32 Å². The lowest BCUT2D eigenvalue weighted by Gasteiger charge is -2.31. The number of nitrogens with zero attached hydrogens (tertiary/aromatic N) is 1. The third kappa shape index (κ3) is 6.14. The van der Waals surface area contributed by atoms with Crippen LogP contribution in [0.1, 0.15) is 40.0 Å². The molecule has 108 valence electrons. The van der Waals surface area contributed by atoms with E-state index in [2.05, 4.69) is 17.1 Å². The molecule has 1 heterocycles. The minimum Gasteiger partial charge on any atom is -0.352 e. The maximum atomic E-state index is 5.62. The highest BCUT2D eigenvalue weighted by Gasteiger charge is 2.19. The molecule has 0 aromatic carbocycles. The Morgan fingerprint density at radius 3 is 2.39 bits per heavy atom. The van der Waals surface area contributed by atoms with E-state index >= 15 is 0 Å². The van der Waals surface area contributed by atoms with E-state index in [0.717, 1.165) is 19.6 Å². The minimum atomic E-state index is -0.0801. The summed E-state index contributed by atoms with van der Waals surface area (Å²) in [7, 11) is 0. The topological polar surface area (TPSA) is 33.7 Å². The summed E-state index contributed by atoms with van der Waals surface area (Å²) < 4.78 is 11.2. The first-order chi connectivity index (χ1) is 8.80. The summed E-state index contributed by atoms with van der Waals surface area (Å²) in [6.45, 7) is 11.9. The third-order valence-corrected chi connectivity index (χ3v) is 3.45. The first-order valence-corrected chi connectivity index (χ1v) is 7.49. The van der Waals surface area contributed by atoms with Crippen molar-refractivity contribution < 1.29 is 9.47 Å². The maximum absolute atomic E-state index is 5.62. The fourth-order valence-corrected chi connectivity index (χ4v) is 2.46. The first-order valence-electron chi connectivity index (χ1n) is 7.49. The normalized spacial score (nSPS) is 20.8. The lowest BCUT2D eigenvalue weighted by Crippen LogP contribution is -2.46. The van der Waals surface area contributed by atoms with Gasteiger partial charge in [0.2, 0.25) is 0 Å². The van der Waals surface area contributed by atoms with Crippen LogP contribution in [0, 0.1) is 0 Å². The van der Waals surface area contributed by atoms with Crippen LogP contribution in [0.3, 0.4) is 0 Å². The predicted molar refractivity (Wildman–Crippen MR) is 74.8 cm³/mol. The van der Waals surface area contributed by atoms with Crippen LogP contribution in [0.5, 0.6) is 0 Å². The Labute approximate surface area is 112 Å². The number of ether oxygens (including phenoxy) is 2. The van der Waals surface area contributed by atoms with Crippen LogP contribution in [0.15, 0.2) is 0 Å². The highest BCUT2D eigenvalue weighted by atomic mass is 16.7. The summed E-state index contributed by atoms with van der Waals surface area (Å²) in [6, 6.07) is 0.641. The fraction of sp³-hybridized carbons (Fsp3) is 1.00. The number of nitrogens with one attached hydrogen (secondary N) is 1. The molecule has 0 aromatic heterocycles. The molecule has 1 fully saturated rings. The second-order valence-corrected chi connectivity index (χ2v) is 4.84. The van der Waals surface area contributed by atoms with Gasteiger partial charge in [-0.1, -0.05) is 13.3 Å². The predicted octanol–water partition coefficient (Wildman–Crippen LogP) is 1.85. The summed E-state index contributed by atoms with van der Waals surface area (Å²) >= 11 is 0. The van der Waals surface area contributed by atoms with Crippen molar-refractivity contribution in [3.63, 3.8) is 0 Å². The van der Waals surface area contributed by atoms with Gasteiger partial charge in [0.05, 0.1) is 0 Å². The van der Waals surface area contributed by atoms with Crippen LogP contribution in [-0.4, -0.2) is 56.6 Å². The minimum absolute atomic E-state index is 0.0801. The van der Waals surface area contributed by atoms with Crippen LogP contribution >= 0.6 is 0 Å². The molecule has 1 saturated heterocycles. The van der Waals surface area contributed by atoms with Crippen molar-refractivity contribution in [3.8, 4) is 0 Å². The average Bonchev–Trinajstić information content (AvgIpc) is 2.39. The lowest BCUT2D eigenvalue weighted by atomic mass is 10.0. The Bertz CT molecular complexity index is 190. The molecular formula is C14H30N2O2. The Hall–Kier alpha value is -0.160. The van der Waals surface area contributed by atoms with E-state index in [1.54, 1.807) is 0 Å². The van der Waals surface area contributed by atoms with E-state index in [9.17, 15) is 0 Å². The Balaban J connectivity index is 2.33. The standard InChI is InChI=1S/C14H30N2O2/c1-4-16(11-13-9-7-8-10-15-13)12-14(17-5-2)18-6-3/h13-15H,4-12H2,1-3H3. The Morgan fingerprint density at radius 1 is 1.17 bits per heavy atom. The van der Waals surface area contributed by atoms with E-state index in [-0.39, 0.29) is 6.29 Å². The van der Waals surface area contributed by atoms with E-state index in [1.165, 1.54) is 25.8 Å². The molecule has 0 aromatic rings. The van der Waals surface area contributed by atoms with E-state index in [0.29, 0.717) is 19.3 Å². The molecule has 0 radical (unpaired) electrons. The van der Waals surface area contributed by atoms with Gasteiger partial charge in [-0.15, -0.1) is 0 Å². The largest absolute Gasteiger partial charge is 0.352 e. The molecule has 1 N–H and O–H groups in total. The Kier molecular flexibility index (Phi) is 8.59. The fourth-order valence-electron chi connectivity index (χ4n) is 2.46. The summed E-state index contributed by atoms with van der Waals surface area (Å²) in [6.07, 6.45) is 3.90. The summed E-state index contributed by atoms with van der Waals surface area (Å²) in [4.78, 5) is 2.43. The van der Waals surface area contributed by atoms with Gasteiger partial charge in [-0.3, -0.25) is 4.90 Å². The van der Waals surface area contributed by atoms with Gasteiger partial charge in [0.1, 0.15) is 0 Å². The molecule has 0 bridgehead atoms. The summed E-state index contributed by atoms with van der Waals surface area (Å²) in [5.41, 5.74) is 0. The van der Waals surface area contributed by atoms with Crippen LogP contribution in [0.4, 0.5) is 0 Å². The van der Waals surface area contributed by atoms with Crippen molar-refractivity contribution in [2.75, 3.05) is 39.4 Å². The summed E-state index contributed by atoms with van der Waals surface area (Å²) in [5.74, 6) is 0. The van der Waals surface area contributed by atoms with Crippen molar-refractivity contribution in [1.82, 2.24) is 10.2 Å². The summed E-state index contributed by atoms with van der Waals surface area (Å²) in [5, 5.41) is 3.60. The van der Waals surface area contributed by atoms with E-state index < -0.39 is 0 Å². The van der Waals surface area contributed by atoms with Gasteiger partial charge in [0.15, 0.2) is 6.29 Å². The highest BCUT2D eigenvalue weighted by Crippen LogP contribution is 2.09. The zero-order valence-corrected chi connectivity index (χ0v) is 12.3. The zero-order valence-electron chi connectivity index (χ0n) is 12.3. The van der Waals surface area contributed by atoms with E-state index in [1.807, 2.05) is 13.8 Å². The second kappa shape index (κ2) is 9.73. The van der Waals surface area contributed by atoms with Gasteiger partial charge >= 0.3 is 0 Å².